The first kappa shape index (κ1) is 14.0. The van der Waals surface area contributed by atoms with Gasteiger partial charge in [0, 0.05) is 19.7 Å². The average Bonchev–Trinajstić information content (AvgIpc) is 2.46. The molecule has 0 saturated carbocycles. The summed E-state index contributed by atoms with van der Waals surface area (Å²) in [5.41, 5.74) is 5.32. The molecule has 1 aromatic rings. The summed E-state index contributed by atoms with van der Waals surface area (Å²) < 4.78 is 5.28. The third-order valence-electron chi connectivity index (χ3n) is 3.06. The largest absolute Gasteiger partial charge is 0.378 e. The van der Waals surface area contributed by atoms with Gasteiger partial charge in [-0.2, -0.15) is 0 Å². The Kier molecular flexibility index (Phi) is 3.99. The zero-order valence-corrected chi connectivity index (χ0v) is 10.9. The first-order valence-corrected chi connectivity index (χ1v) is 6.01. The van der Waals surface area contributed by atoms with Gasteiger partial charge in [-0.15, -0.1) is 0 Å². The smallest absolute Gasteiger partial charge is 0.311 e. The Bertz CT molecular complexity index is 536. The van der Waals surface area contributed by atoms with E-state index in [4.69, 9.17) is 10.5 Å². The number of pyridine rings is 1. The fourth-order valence-corrected chi connectivity index (χ4v) is 2.03. The number of nitro groups is 1. The summed E-state index contributed by atoms with van der Waals surface area (Å²) in [7, 11) is 1.53. The molecule has 20 heavy (non-hydrogen) atoms. The topological polar surface area (TPSA) is 124 Å². The maximum atomic E-state index is 11.8. The van der Waals surface area contributed by atoms with Crippen molar-refractivity contribution in [2.24, 2.45) is 0 Å². The molecule has 0 spiro atoms. The minimum atomic E-state index is -0.596. The van der Waals surface area contributed by atoms with Gasteiger partial charge in [0.05, 0.1) is 18.1 Å². The maximum Gasteiger partial charge on any atom is 0.311 e. The summed E-state index contributed by atoms with van der Waals surface area (Å²) in [5, 5.41) is 13.3. The molecule has 1 saturated heterocycles. The molecule has 1 amide bonds. The third kappa shape index (κ3) is 2.62. The number of rotatable bonds is 3. The highest BCUT2D eigenvalue weighted by Crippen LogP contribution is 2.25. The van der Waals surface area contributed by atoms with E-state index in [0.717, 1.165) is 0 Å². The Morgan fingerprint density at radius 2 is 2.40 bits per heavy atom. The number of ether oxygens (including phenoxy) is 1. The SMILES string of the molecule is CNC(=O)C1COCCN1c1ccc([N+](=O)[O-])c(N)n1. The number of aromatic nitrogens is 1. The Labute approximate surface area is 114 Å². The van der Waals surface area contributed by atoms with Crippen molar-refractivity contribution in [2.75, 3.05) is 37.4 Å². The van der Waals surface area contributed by atoms with Crippen molar-refractivity contribution in [1.82, 2.24) is 10.3 Å². The Balaban J connectivity index is 2.31. The van der Waals surface area contributed by atoms with Gasteiger partial charge in [-0.3, -0.25) is 14.9 Å². The molecule has 1 aliphatic rings. The fourth-order valence-electron chi connectivity index (χ4n) is 2.03. The summed E-state index contributed by atoms with van der Waals surface area (Å²) in [6, 6.07) is 2.24. The molecule has 1 unspecified atom stereocenters. The number of nitrogens with two attached hydrogens (primary N) is 1. The van der Waals surface area contributed by atoms with Crippen LogP contribution in [0.3, 0.4) is 0 Å². The molecule has 1 aliphatic heterocycles. The van der Waals surface area contributed by atoms with Gasteiger partial charge >= 0.3 is 5.69 Å². The lowest BCUT2D eigenvalue weighted by atomic mass is 10.2. The number of hydrogen-bond acceptors (Lipinski definition) is 7. The average molecular weight is 281 g/mol. The van der Waals surface area contributed by atoms with Crippen LogP contribution < -0.4 is 16.0 Å². The number of nitrogen functional groups attached to an aromatic ring is 1. The van der Waals surface area contributed by atoms with Gasteiger partial charge in [-0.25, -0.2) is 4.98 Å². The first-order valence-electron chi connectivity index (χ1n) is 6.01. The Hall–Kier alpha value is -2.42. The number of hydrogen-bond donors (Lipinski definition) is 2. The van der Waals surface area contributed by atoms with Crippen LogP contribution in [0, 0.1) is 10.1 Å². The Morgan fingerprint density at radius 1 is 1.65 bits per heavy atom. The summed E-state index contributed by atoms with van der Waals surface area (Å²) in [5.74, 6) is 0.0445. The molecular weight excluding hydrogens is 266 g/mol. The molecule has 0 aromatic carbocycles. The highest BCUT2D eigenvalue weighted by atomic mass is 16.6. The second-order valence-corrected chi connectivity index (χ2v) is 4.23. The van der Waals surface area contributed by atoms with Crippen molar-refractivity contribution >= 4 is 23.2 Å². The fraction of sp³-hybridized carbons (Fsp3) is 0.455. The van der Waals surface area contributed by atoms with Crippen LogP contribution in [0.15, 0.2) is 12.1 Å². The van der Waals surface area contributed by atoms with Gasteiger partial charge in [-0.1, -0.05) is 0 Å². The molecule has 9 heteroatoms. The monoisotopic (exact) mass is 281 g/mol. The molecule has 1 atom stereocenters. The van der Waals surface area contributed by atoms with E-state index >= 15 is 0 Å². The van der Waals surface area contributed by atoms with E-state index in [1.54, 1.807) is 4.90 Å². The van der Waals surface area contributed by atoms with Crippen LogP contribution in [0.2, 0.25) is 0 Å². The molecule has 1 fully saturated rings. The lowest BCUT2D eigenvalue weighted by molar-refractivity contribution is -0.384. The number of carbonyl (C=O) groups is 1. The molecule has 9 nitrogen and oxygen atoms in total. The molecule has 2 rings (SSSR count). The van der Waals surface area contributed by atoms with Crippen LogP contribution in [-0.2, 0) is 9.53 Å². The number of morpholine rings is 1. The molecule has 1 aromatic heterocycles. The molecule has 0 radical (unpaired) electrons. The number of nitrogens with one attached hydrogen (secondary N) is 1. The minimum absolute atomic E-state index is 0.172. The number of likely N-dealkylation sites (N-methyl/N-ethyl adjacent to an activating group) is 1. The number of carbonyl (C=O) groups excluding carboxylic acids is 1. The standard InChI is InChI=1S/C11H15N5O4/c1-13-11(17)8-6-20-5-4-15(8)9-3-2-7(16(18)19)10(12)14-9/h2-3,8H,4-6H2,1H3,(H2,12,14)(H,13,17). The van der Waals surface area contributed by atoms with Crippen molar-refractivity contribution in [3.63, 3.8) is 0 Å². The van der Waals surface area contributed by atoms with Crippen molar-refractivity contribution < 1.29 is 14.5 Å². The van der Waals surface area contributed by atoms with Gasteiger partial charge < -0.3 is 20.7 Å². The van der Waals surface area contributed by atoms with E-state index in [1.165, 1.54) is 19.2 Å². The van der Waals surface area contributed by atoms with Crippen LogP contribution in [0.4, 0.5) is 17.3 Å². The van der Waals surface area contributed by atoms with Crippen molar-refractivity contribution in [2.45, 2.75) is 6.04 Å². The molecular formula is C11H15N5O4. The highest BCUT2D eigenvalue weighted by molar-refractivity contribution is 5.85. The second kappa shape index (κ2) is 5.70. The predicted molar refractivity (Wildman–Crippen MR) is 71.3 cm³/mol. The van der Waals surface area contributed by atoms with Crippen LogP contribution in [0.5, 0.6) is 0 Å². The molecule has 0 bridgehead atoms. The lowest BCUT2D eigenvalue weighted by Gasteiger charge is -2.35. The zero-order chi connectivity index (χ0) is 14.7. The summed E-state index contributed by atoms with van der Waals surface area (Å²) >= 11 is 0. The summed E-state index contributed by atoms with van der Waals surface area (Å²) in [4.78, 5) is 27.7. The van der Waals surface area contributed by atoms with Crippen LogP contribution in [-0.4, -0.2) is 48.7 Å². The molecule has 2 heterocycles. The Morgan fingerprint density at radius 3 is 3.00 bits per heavy atom. The normalized spacial score (nSPS) is 18.6. The summed E-state index contributed by atoms with van der Waals surface area (Å²) in [6.07, 6.45) is 0. The maximum absolute atomic E-state index is 11.8. The number of nitrogens with zero attached hydrogens (tertiary/aromatic N) is 3. The first-order chi connectivity index (χ1) is 9.54. The quantitative estimate of drug-likeness (QED) is 0.566. The van der Waals surface area contributed by atoms with E-state index in [2.05, 4.69) is 10.3 Å². The summed E-state index contributed by atoms with van der Waals surface area (Å²) in [6.45, 7) is 1.15. The minimum Gasteiger partial charge on any atom is -0.378 e. The molecule has 108 valence electrons. The van der Waals surface area contributed by atoms with Crippen molar-refractivity contribution in [1.29, 1.82) is 0 Å². The highest BCUT2D eigenvalue weighted by Gasteiger charge is 2.30. The second-order valence-electron chi connectivity index (χ2n) is 4.23. The van der Waals surface area contributed by atoms with Gasteiger partial charge in [0.2, 0.25) is 11.7 Å². The van der Waals surface area contributed by atoms with Crippen LogP contribution in [0.1, 0.15) is 0 Å². The van der Waals surface area contributed by atoms with Crippen LogP contribution >= 0.6 is 0 Å². The van der Waals surface area contributed by atoms with E-state index in [0.29, 0.717) is 19.0 Å². The van der Waals surface area contributed by atoms with E-state index in [-0.39, 0.29) is 24.0 Å². The van der Waals surface area contributed by atoms with Crippen molar-refractivity contribution in [3.05, 3.63) is 22.2 Å². The lowest BCUT2D eigenvalue weighted by Crippen LogP contribution is -2.53. The van der Waals surface area contributed by atoms with E-state index in [9.17, 15) is 14.9 Å². The molecule has 0 aliphatic carbocycles. The molecule has 3 N–H and O–H groups in total. The third-order valence-corrected chi connectivity index (χ3v) is 3.06. The van der Waals surface area contributed by atoms with Crippen molar-refractivity contribution in [3.8, 4) is 0 Å². The predicted octanol–water partition coefficient (Wildman–Crippen LogP) is -0.477. The van der Waals surface area contributed by atoms with Crippen LogP contribution in [0.25, 0.3) is 0 Å². The van der Waals surface area contributed by atoms with E-state index in [1.807, 2.05) is 0 Å². The van der Waals surface area contributed by atoms with Gasteiger partial charge in [-0.05, 0) is 6.07 Å². The van der Waals surface area contributed by atoms with Gasteiger partial charge in [0.1, 0.15) is 11.9 Å². The van der Waals surface area contributed by atoms with E-state index < -0.39 is 11.0 Å². The number of anilines is 2. The number of amides is 1. The van der Waals surface area contributed by atoms with Gasteiger partial charge in [0.15, 0.2) is 0 Å². The zero-order valence-electron chi connectivity index (χ0n) is 10.9. The van der Waals surface area contributed by atoms with Gasteiger partial charge in [0.25, 0.3) is 0 Å².